The number of aryl methyl sites for hydroxylation is 1. The number of nitrogens with one attached hydrogen (secondary N) is 1. The van der Waals surface area contributed by atoms with E-state index in [2.05, 4.69) is 10.5 Å². The lowest BCUT2D eigenvalue weighted by molar-refractivity contribution is -0.128. The van der Waals surface area contributed by atoms with Crippen LogP contribution in [0.3, 0.4) is 0 Å². The molecule has 2 saturated heterocycles. The molecule has 2 fully saturated rings. The summed E-state index contributed by atoms with van der Waals surface area (Å²) in [6, 6.07) is 6.53. The monoisotopic (exact) mass is 419 g/mol. The van der Waals surface area contributed by atoms with Gasteiger partial charge in [-0.15, -0.1) is 0 Å². The minimum Gasteiger partial charge on any atom is -0.360 e. The third kappa shape index (κ3) is 2.50. The molecule has 4 atom stereocenters. The number of anilines is 2. The van der Waals surface area contributed by atoms with Gasteiger partial charge in [0.05, 0.1) is 34.5 Å². The quantitative estimate of drug-likeness (QED) is 0.771. The number of hydrogen-bond donors (Lipinski definition) is 1. The maximum atomic E-state index is 13.2. The van der Waals surface area contributed by atoms with Gasteiger partial charge in [-0.05, 0) is 25.1 Å². The number of carbonyl (C=O) groups is 2. The van der Waals surface area contributed by atoms with Crippen LogP contribution in [0.5, 0.6) is 0 Å². The average Bonchev–Trinajstić information content (AvgIpc) is 3.39. The lowest BCUT2D eigenvalue weighted by atomic mass is 9.77. The molecule has 2 bridgehead atoms. The van der Waals surface area contributed by atoms with Gasteiger partial charge in [0, 0.05) is 11.8 Å². The van der Waals surface area contributed by atoms with Crippen LogP contribution in [0.15, 0.2) is 40.9 Å². The second-order valence-corrected chi connectivity index (χ2v) is 8.05. The standard InChI is InChI=1S/C19H15Cl2N3O4/c1-9-6-14(23-28-9)24-8-19-5-4-13(27-19)15(16(19)18(24)26)17(25)22-10-2-3-11(20)12(21)7-10/h2-7,13,15-16H,8H2,1H3,(H,22,25). The fourth-order valence-electron chi connectivity index (χ4n) is 4.27. The molecule has 5 rings (SSSR count). The van der Waals surface area contributed by atoms with Gasteiger partial charge in [-0.3, -0.25) is 14.5 Å². The predicted octanol–water partition coefficient (Wildman–Crippen LogP) is 3.21. The van der Waals surface area contributed by atoms with Crippen molar-refractivity contribution in [2.24, 2.45) is 11.8 Å². The molecule has 2 amide bonds. The molecule has 28 heavy (non-hydrogen) atoms. The van der Waals surface area contributed by atoms with Crippen LogP contribution >= 0.6 is 23.2 Å². The van der Waals surface area contributed by atoms with Gasteiger partial charge < -0.3 is 14.6 Å². The fraction of sp³-hybridized carbons (Fsp3) is 0.316. The van der Waals surface area contributed by atoms with Crippen LogP contribution in [-0.4, -0.2) is 35.2 Å². The van der Waals surface area contributed by atoms with E-state index in [9.17, 15) is 9.59 Å². The number of nitrogens with zero attached hydrogens (tertiary/aromatic N) is 2. The smallest absolute Gasteiger partial charge is 0.235 e. The maximum absolute atomic E-state index is 13.2. The summed E-state index contributed by atoms with van der Waals surface area (Å²) in [4.78, 5) is 27.7. The van der Waals surface area contributed by atoms with E-state index >= 15 is 0 Å². The van der Waals surface area contributed by atoms with Gasteiger partial charge >= 0.3 is 0 Å². The Morgan fingerprint density at radius 3 is 2.86 bits per heavy atom. The number of ether oxygens (including phenoxy) is 1. The molecule has 3 aliphatic rings. The highest BCUT2D eigenvalue weighted by Crippen LogP contribution is 2.52. The minimum absolute atomic E-state index is 0.200. The van der Waals surface area contributed by atoms with Crippen molar-refractivity contribution < 1.29 is 18.8 Å². The fourth-order valence-corrected chi connectivity index (χ4v) is 4.57. The summed E-state index contributed by atoms with van der Waals surface area (Å²) in [5.41, 5.74) is -0.316. The van der Waals surface area contributed by atoms with Crippen molar-refractivity contribution in [3.63, 3.8) is 0 Å². The van der Waals surface area contributed by atoms with E-state index in [-0.39, 0.29) is 11.8 Å². The number of benzene rings is 1. The number of amides is 2. The van der Waals surface area contributed by atoms with Crippen LogP contribution in [0.25, 0.3) is 0 Å². The van der Waals surface area contributed by atoms with Crippen molar-refractivity contribution in [1.29, 1.82) is 0 Å². The molecule has 0 aliphatic carbocycles. The molecule has 1 spiro atoms. The third-order valence-corrected chi connectivity index (χ3v) is 6.22. The summed E-state index contributed by atoms with van der Waals surface area (Å²) in [7, 11) is 0. The van der Waals surface area contributed by atoms with Crippen LogP contribution in [0.2, 0.25) is 10.0 Å². The van der Waals surface area contributed by atoms with Crippen LogP contribution in [0.1, 0.15) is 5.76 Å². The molecule has 1 aromatic carbocycles. The molecular weight excluding hydrogens is 405 g/mol. The Balaban J connectivity index is 1.43. The van der Waals surface area contributed by atoms with Crippen LogP contribution in [-0.2, 0) is 14.3 Å². The topological polar surface area (TPSA) is 84.7 Å². The zero-order valence-electron chi connectivity index (χ0n) is 14.7. The molecule has 9 heteroatoms. The van der Waals surface area contributed by atoms with E-state index in [1.807, 2.05) is 12.2 Å². The SMILES string of the molecule is Cc1cc(N2CC34C=CC(O3)C(C(=O)Nc3ccc(Cl)c(Cl)c3)C4C2=O)no1. The van der Waals surface area contributed by atoms with Crippen LogP contribution in [0, 0.1) is 18.8 Å². The summed E-state index contributed by atoms with van der Waals surface area (Å²) >= 11 is 11.9. The van der Waals surface area contributed by atoms with E-state index < -0.39 is 23.5 Å². The highest BCUT2D eigenvalue weighted by Gasteiger charge is 2.67. The Morgan fingerprint density at radius 2 is 2.14 bits per heavy atom. The summed E-state index contributed by atoms with van der Waals surface area (Å²) in [6.07, 6.45) is 3.29. The molecule has 4 heterocycles. The normalized spacial score (nSPS) is 30.2. The van der Waals surface area contributed by atoms with Gasteiger partial charge in [-0.2, -0.15) is 0 Å². The van der Waals surface area contributed by atoms with Gasteiger partial charge in [0.25, 0.3) is 0 Å². The zero-order valence-corrected chi connectivity index (χ0v) is 16.2. The number of hydrogen-bond acceptors (Lipinski definition) is 5. The van der Waals surface area contributed by atoms with E-state index in [0.717, 1.165) is 0 Å². The van der Waals surface area contributed by atoms with Gasteiger partial charge in [0.1, 0.15) is 11.4 Å². The highest BCUT2D eigenvalue weighted by molar-refractivity contribution is 6.42. The Morgan fingerprint density at radius 1 is 1.32 bits per heavy atom. The number of carbonyl (C=O) groups excluding carboxylic acids is 2. The molecule has 1 N–H and O–H groups in total. The Kier molecular flexibility index (Phi) is 3.84. The van der Waals surface area contributed by atoms with Crippen LogP contribution < -0.4 is 10.2 Å². The molecule has 0 radical (unpaired) electrons. The zero-order chi connectivity index (χ0) is 19.6. The van der Waals surface area contributed by atoms with E-state index in [1.165, 1.54) is 4.90 Å². The largest absolute Gasteiger partial charge is 0.360 e. The van der Waals surface area contributed by atoms with E-state index in [0.29, 0.717) is 33.9 Å². The molecule has 7 nitrogen and oxygen atoms in total. The van der Waals surface area contributed by atoms with E-state index in [1.54, 1.807) is 31.2 Å². The van der Waals surface area contributed by atoms with Crippen molar-refractivity contribution in [3.05, 3.63) is 52.2 Å². The Labute approximate surface area is 170 Å². The first kappa shape index (κ1) is 17.7. The lowest BCUT2D eigenvalue weighted by Gasteiger charge is -2.23. The number of rotatable bonds is 3. The summed E-state index contributed by atoms with van der Waals surface area (Å²) < 4.78 is 11.2. The molecule has 144 valence electrons. The Bertz CT molecular complexity index is 1040. The summed E-state index contributed by atoms with van der Waals surface area (Å²) in [5.74, 6) is -0.741. The summed E-state index contributed by atoms with van der Waals surface area (Å²) in [5, 5.41) is 7.49. The van der Waals surface area contributed by atoms with Crippen molar-refractivity contribution in [2.45, 2.75) is 18.6 Å². The number of halogens is 2. The average molecular weight is 420 g/mol. The minimum atomic E-state index is -0.825. The number of aromatic nitrogens is 1. The molecule has 1 aromatic heterocycles. The summed E-state index contributed by atoms with van der Waals surface area (Å²) in [6.45, 7) is 2.05. The van der Waals surface area contributed by atoms with Crippen LogP contribution in [0.4, 0.5) is 11.5 Å². The highest BCUT2D eigenvalue weighted by atomic mass is 35.5. The van der Waals surface area contributed by atoms with Gasteiger partial charge in [0.2, 0.25) is 11.8 Å². The van der Waals surface area contributed by atoms with Gasteiger partial charge in [-0.1, -0.05) is 40.5 Å². The van der Waals surface area contributed by atoms with E-state index in [4.69, 9.17) is 32.5 Å². The second kappa shape index (κ2) is 6.07. The number of fused-ring (bicyclic) bond motifs is 1. The Hall–Kier alpha value is -2.35. The van der Waals surface area contributed by atoms with Crippen molar-refractivity contribution >= 4 is 46.5 Å². The molecular formula is C19H15Cl2N3O4. The first-order chi connectivity index (χ1) is 13.4. The van der Waals surface area contributed by atoms with Crippen molar-refractivity contribution in [1.82, 2.24) is 5.16 Å². The van der Waals surface area contributed by atoms with Crippen molar-refractivity contribution in [2.75, 3.05) is 16.8 Å². The third-order valence-electron chi connectivity index (χ3n) is 5.48. The lowest BCUT2D eigenvalue weighted by Crippen LogP contribution is -2.41. The second-order valence-electron chi connectivity index (χ2n) is 7.24. The molecule has 2 aromatic rings. The van der Waals surface area contributed by atoms with Gasteiger partial charge in [0.15, 0.2) is 5.82 Å². The first-order valence-electron chi connectivity index (χ1n) is 8.76. The van der Waals surface area contributed by atoms with Gasteiger partial charge in [-0.25, -0.2) is 0 Å². The molecule has 3 aliphatic heterocycles. The maximum Gasteiger partial charge on any atom is 0.235 e. The molecule has 4 unspecified atom stereocenters. The first-order valence-corrected chi connectivity index (χ1v) is 9.51. The molecule has 0 saturated carbocycles. The predicted molar refractivity (Wildman–Crippen MR) is 102 cm³/mol. The van der Waals surface area contributed by atoms with Crippen molar-refractivity contribution in [3.8, 4) is 0 Å².